The molecule has 0 fully saturated rings. The lowest BCUT2D eigenvalue weighted by atomic mass is 10.1. The molecule has 0 saturated carbocycles. The smallest absolute Gasteiger partial charge is 0.259 e. The molecule has 0 atom stereocenters. The van der Waals surface area contributed by atoms with Gasteiger partial charge >= 0.3 is 0 Å². The summed E-state index contributed by atoms with van der Waals surface area (Å²) in [6, 6.07) is 4.48. The van der Waals surface area contributed by atoms with Crippen molar-refractivity contribution in [2.45, 2.75) is 0 Å². The largest absolute Gasteiger partial charge is 0.398 e. The molecule has 4 nitrogen and oxygen atoms in total. The van der Waals surface area contributed by atoms with Crippen molar-refractivity contribution in [2.75, 3.05) is 11.1 Å². The number of nitrogens with one attached hydrogen (secondary N) is 1. The summed E-state index contributed by atoms with van der Waals surface area (Å²) in [4.78, 5) is 15.7. The van der Waals surface area contributed by atoms with E-state index >= 15 is 0 Å². The summed E-state index contributed by atoms with van der Waals surface area (Å²) in [7, 11) is 0. The summed E-state index contributed by atoms with van der Waals surface area (Å²) in [6.45, 7) is 0. The fourth-order valence-corrected chi connectivity index (χ4v) is 1.50. The molecular weight excluding hydrogens is 276 g/mol. The quantitative estimate of drug-likeness (QED) is 0.833. The van der Waals surface area contributed by atoms with Gasteiger partial charge in [-0.1, -0.05) is 11.6 Å². The maximum Gasteiger partial charge on any atom is 0.259 e. The van der Waals surface area contributed by atoms with Gasteiger partial charge in [-0.2, -0.15) is 0 Å². The highest BCUT2D eigenvalue weighted by Gasteiger charge is 2.14. The van der Waals surface area contributed by atoms with E-state index in [1.165, 1.54) is 18.3 Å². The molecule has 0 aliphatic heterocycles. The van der Waals surface area contributed by atoms with Crippen molar-refractivity contribution >= 4 is 29.0 Å². The van der Waals surface area contributed by atoms with Crippen LogP contribution in [0.3, 0.4) is 0 Å². The van der Waals surface area contributed by atoms with Crippen molar-refractivity contribution in [3.8, 4) is 0 Å². The third-order valence-electron chi connectivity index (χ3n) is 2.31. The fourth-order valence-electron chi connectivity index (χ4n) is 1.39. The average molecular weight is 284 g/mol. The summed E-state index contributed by atoms with van der Waals surface area (Å²) in [5.41, 5.74) is 5.13. The molecule has 0 spiro atoms. The molecule has 0 saturated heterocycles. The molecule has 1 aromatic carbocycles. The van der Waals surface area contributed by atoms with Crippen molar-refractivity contribution in [2.24, 2.45) is 0 Å². The first-order chi connectivity index (χ1) is 8.97. The van der Waals surface area contributed by atoms with Crippen LogP contribution in [0.4, 0.5) is 20.3 Å². The van der Waals surface area contributed by atoms with Gasteiger partial charge in [-0.05, 0) is 18.2 Å². The van der Waals surface area contributed by atoms with Gasteiger partial charge in [0, 0.05) is 18.0 Å². The highest BCUT2D eigenvalue weighted by atomic mass is 35.5. The second-order valence-electron chi connectivity index (χ2n) is 3.67. The van der Waals surface area contributed by atoms with Gasteiger partial charge in [-0.25, -0.2) is 13.8 Å². The van der Waals surface area contributed by atoms with E-state index < -0.39 is 17.5 Å². The van der Waals surface area contributed by atoms with E-state index in [2.05, 4.69) is 10.3 Å². The Balaban J connectivity index is 2.25. The van der Waals surface area contributed by atoms with Crippen molar-refractivity contribution in [1.82, 2.24) is 4.98 Å². The van der Waals surface area contributed by atoms with Crippen molar-refractivity contribution < 1.29 is 13.6 Å². The van der Waals surface area contributed by atoms with E-state index in [4.69, 9.17) is 17.3 Å². The number of amides is 1. The second-order valence-corrected chi connectivity index (χ2v) is 4.11. The van der Waals surface area contributed by atoms with Gasteiger partial charge < -0.3 is 11.1 Å². The van der Waals surface area contributed by atoms with Crippen LogP contribution in [-0.2, 0) is 0 Å². The van der Waals surface area contributed by atoms with E-state index in [9.17, 15) is 13.6 Å². The highest BCUT2D eigenvalue weighted by Crippen LogP contribution is 2.18. The molecule has 0 radical (unpaired) electrons. The topological polar surface area (TPSA) is 68.0 Å². The maximum atomic E-state index is 13.1. The molecular formula is C12H8ClF2N3O. The van der Waals surface area contributed by atoms with Gasteiger partial charge in [0.15, 0.2) is 11.6 Å². The van der Waals surface area contributed by atoms with Crippen LogP contribution < -0.4 is 11.1 Å². The number of benzene rings is 1. The molecule has 0 aliphatic carbocycles. The van der Waals surface area contributed by atoms with Gasteiger partial charge in [0.1, 0.15) is 5.82 Å². The number of pyridine rings is 1. The molecule has 1 aromatic heterocycles. The molecule has 0 unspecified atom stereocenters. The van der Waals surface area contributed by atoms with E-state index in [1.54, 1.807) is 0 Å². The van der Waals surface area contributed by atoms with Gasteiger partial charge in [0.05, 0.1) is 10.6 Å². The maximum absolute atomic E-state index is 13.1. The average Bonchev–Trinajstić information content (AvgIpc) is 2.36. The first-order valence-electron chi connectivity index (χ1n) is 5.15. The number of hydrogen-bond donors (Lipinski definition) is 2. The highest BCUT2D eigenvalue weighted by molar-refractivity contribution is 6.30. The zero-order chi connectivity index (χ0) is 14.0. The Hall–Kier alpha value is -2.21. The number of nitrogens with zero attached hydrogens (tertiary/aromatic N) is 1. The molecule has 2 rings (SSSR count). The van der Waals surface area contributed by atoms with Crippen LogP contribution in [0.15, 0.2) is 30.5 Å². The monoisotopic (exact) mass is 283 g/mol. The summed E-state index contributed by atoms with van der Waals surface area (Å²) in [6.07, 6.45) is 1.34. The first-order valence-corrected chi connectivity index (χ1v) is 5.52. The van der Waals surface area contributed by atoms with Crippen LogP contribution in [0.25, 0.3) is 0 Å². The fraction of sp³-hybridized carbons (Fsp3) is 0. The Morgan fingerprint density at radius 3 is 2.58 bits per heavy atom. The van der Waals surface area contributed by atoms with E-state index in [0.29, 0.717) is 5.02 Å². The first kappa shape index (κ1) is 13.2. The Kier molecular flexibility index (Phi) is 3.62. The Labute approximate surface area is 112 Å². The van der Waals surface area contributed by atoms with Crippen LogP contribution >= 0.6 is 11.6 Å². The van der Waals surface area contributed by atoms with E-state index in [1.807, 2.05) is 0 Å². The van der Waals surface area contributed by atoms with E-state index in [-0.39, 0.29) is 17.1 Å². The standard InChI is InChI=1S/C12H8ClF2N3O/c13-6-1-2-11(17-5-6)18-12(19)7-3-8(14)9(15)4-10(7)16/h1-5H,16H2,(H,17,18,19). The third-order valence-corrected chi connectivity index (χ3v) is 2.53. The molecule has 7 heteroatoms. The summed E-state index contributed by atoms with van der Waals surface area (Å²) >= 11 is 5.64. The van der Waals surface area contributed by atoms with Crippen molar-refractivity contribution in [3.63, 3.8) is 0 Å². The third kappa shape index (κ3) is 2.97. The predicted octanol–water partition coefficient (Wildman–Crippen LogP) is 2.85. The molecule has 0 bridgehead atoms. The summed E-state index contributed by atoms with van der Waals surface area (Å²) < 4.78 is 25.9. The van der Waals surface area contributed by atoms with Crippen LogP contribution in [0.2, 0.25) is 5.02 Å². The number of halogens is 3. The molecule has 3 N–H and O–H groups in total. The lowest BCUT2D eigenvalue weighted by Crippen LogP contribution is -2.15. The number of carbonyl (C=O) groups is 1. The molecule has 19 heavy (non-hydrogen) atoms. The lowest BCUT2D eigenvalue weighted by molar-refractivity contribution is 0.102. The van der Waals surface area contributed by atoms with Gasteiger partial charge in [-0.3, -0.25) is 4.79 Å². The normalized spacial score (nSPS) is 10.3. The number of rotatable bonds is 2. The molecule has 2 aromatic rings. The number of hydrogen-bond acceptors (Lipinski definition) is 3. The zero-order valence-corrected chi connectivity index (χ0v) is 10.2. The number of carbonyl (C=O) groups excluding carboxylic acids is 1. The summed E-state index contributed by atoms with van der Waals surface area (Å²) in [5.74, 6) is -2.73. The SMILES string of the molecule is Nc1cc(F)c(F)cc1C(=O)Nc1ccc(Cl)cn1. The second kappa shape index (κ2) is 5.19. The predicted molar refractivity (Wildman–Crippen MR) is 68.0 cm³/mol. The van der Waals surface area contributed by atoms with E-state index in [0.717, 1.165) is 12.1 Å². The van der Waals surface area contributed by atoms with Crippen molar-refractivity contribution in [3.05, 3.63) is 52.7 Å². The van der Waals surface area contributed by atoms with Gasteiger partial charge in [-0.15, -0.1) is 0 Å². The number of nitrogen functional groups attached to an aromatic ring is 1. The molecule has 98 valence electrons. The minimum absolute atomic E-state index is 0.162. The number of anilines is 2. The van der Waals surface area contributed by atoms with Crippen LogP contribution in [0.5, 0.6) is 0 Å². The van der Waals surface area contributed by atoms with Gasteiger partial charge in [0.25, 0.3) is 5.91 Å². The summed E-state index contributed by atoms with van der Waals surface area (Å²) in [5, 5.41) is 2.80. The van der Waals surface area contributed by atoms with Crippen LogP contribution in [0.1, 0.15) is 10.4 Å². The molecule has 1 amide bonds. The van der Waals surface area contributed by atoms with Crippen molar-refractivity contribution in [1.29, 1.82) is 0 Å². The minimum atomic E-state index is -1.15. The zero-order valence-electron chi connectivity index (χ0n) is 9.45. The minimum Gasteiger partial charge on any atom is -0.398 e. The number of nitrogens with two attached hydrogens (primary N) is 1. The molecule has 0 aliphatic rings. The van der Waals surface area contributed by atoms with Crippen LogP contribution in [-0.4, -0.2) is 10.9 Å². The van der Waals surface area contributed by atoms with Crippen LogP contribution in [0, 0.1) is 11.6 Å². The Morgan fingerprint density at radius 2 is 1.95 bits per heavy atom. The molecule has 1 heterocycles. The van der Waals surface area contributed by atoms with Gasteiger partial charge in [0.2, 0.25) is 0 Å². The Bertz CT molecular complexity index is 632. The number of aromatic nitrogens is 1. The lowest BCUT2D eigenvalue weighted by Gasteiger charge is -2.07. The Morgan fingerprint density at radius 1 is 1.26 bits per heavy atom.